The van der Waals surface area contributed by atoms with Gasteiger partial charge in [-0.15, -0.1) is 22.7 Å². The molecule has 0 unspecified atom stereocenters. The smallest absolute Gasteiger partial charge is 0.275 e. The predicted molar refractivity (Wildman–Crippen MR) is 109 cm³/mol. The number of carbonyl (C=O) groups excluding carboxylic acids is 1. The van der Waals surface area contributed by atoms with Gasteiger partial charge in [0.15, 0.2) is 5.13 Å². The van der Waals surface area contributed by atoms with Crippen LogP contribution in [0.5, 0.6) is 0 Å². The number of aromatic nitrogens is 4. The SMILES string of the molecule is O=C(Nc1ccc2ncsc2c1)c1csc(Nc2ccc3[nH]ncc3c2)n1. The number of rotatable bonds is 4. The van der Waals surface area contributed by atoms with Crippen molar-refractivity contribution >= 4 is 66.2 Å². The van der Waals surface area contributed by atoms with Crippen LogP contribution in [0.2, 0.25) is 0 Å². The number of aromatic amines is 1. The van der Waals surface area contributed by atoms with Gasteiger partial charge in [0.05, 0.1) is 27.4 Å². The molecule has 7 nitrogen and oxygen atoms in total. The highest BCUT2D eigenvalue weighted by Gasteiger charge is 2.12. The van der Waals surface area contributed by atoms with Crippen LogP contribution in [0.1, 0.15) is 10.5 Å². The summed E-state index contributed by atoms with van der Waals surface area (Å²) in [5.74, 6) is -0.242. The standard InChI is InChI=1S/C18H12N6OS2/c25-17(21-12-2-4-14-16(6-12)27-9-19-14)15-8-26-18(23-15)22-11-1-3-13-10(5-11)7-20-24-13/h1-9H,(H,20,24)(H,21,25)(H,22,23). The van der Waals surface area contributed by atoms with Crippen LogP contribution in [0.15, 0.2) is 53.5 Å². The van der Waals surface area contributed by atoms with E-state index < -0.39 is 0 Å². The highest BCUT2D eigenvalue weighted by molar-refractivity contribution is 7.16. The van der Waals surface area contributed by atoms with E-state index in [2.05, 4.69) is 30.8 Å². The number of fused-ring (bicyclic) bond motifs is 2. The molecule has 9 heteroatoms. The summed E-state index contributed by atoms with van der Waals surface area (Å²) in [4.78, 5) is 21.1. The van der Waals surface area contributed by atoms with E-state index in [0.717, 1.165) is 32.5 Å². The average molecular weight is 392 g/mol. The summed E-state index contributed by atoms with van der Waals surface area (Å²) >= 11 is 2.92. The number of nitrogens with zero attached hydrogens (tertiary/aromatic N) is 3. The molecule has 0 aliphatic heterocycles. The van der Waals surface area contributed by atoms with Crippen LogP contribution in [0, 0.1) is 0 Å². The highest BCUT2D eigenvalue weighted by atomic mass is 32.1. The van der Waals surface area contributed by atoms with Gasteiger partial charge in [0.1, 0.15) is 5.69 Å². The number of amides is 1. The lowest BCUT2D eigenvalue weighted by molar-refractivity contribution is 0.102. The molecular weight excluding hydrogens is 380 g/mol. The van der Waals surface area contributed by atoms with Crippen molar-refractivity contribution < 1.29 is 4.79 Å². The van der Waals surface area contributed by atoms with Crippen LogP contribution in [0.3, 0.4) is 0 Å². The van der Waals surface area contributed by atoms with Gasteiger partial charge in [-0.1, -0.05) is 0 Å². The summed E-state index contributed by atoms with van der Waals surface area (Å²) in [6, 6.07) is 11.5. The third-order valence-electron chi connectivity index (χ3n) is 4.02. The third kappa shape index (κ3) is 3.14. The maximum absolute atomic E-state index is 12.5. The fourth-order valence-corrected chi connectivity index (χ4v) is 4.13. The summed E-state index contributed by atoms with van der Waals surface area (Å²) < 4.78 is 1.03. The van der Waals surface area contributed by atoms with Crippen molar-refractivity contribution in [3.8, 4) is 0 Å². The molecule has 3 N–H and O–H groups in total. The largest absolute Gasteiger partial charge is 0.332 e. The summed E-state index contributed by atoms with van der Waals surface area (Å²) in [6.45, 7) is 0. The van der Waals surface area contributed by atoms with Crippen molar-refractivity contribution in [2.45, 2.75) is 0 Å². The molecule has 1 amide bonds. The summed E-state index contributed by atoms with van der Waals surface area (Å²) in [5.41, 5.74) is 5.67. The van der Waals surface area contributed by atoms with Crippen molar-refractivity contribution in [2.75, 3.05) is 10.6 Å². The zero-order chi connectivity index (χ0) is 18.2. The summed E-state index contributed by atoms with van der Waals surface area (Å²) in [5, 5.41) is 16.4. The molecule has 5 aromatic rings. The Morgan fingerprint density at radius 3 is 2.96 bits per heavy atom. The molecule has 5 rings (SSSR count). The molecule has 0 saturated heterocycles. The van der Waals surface area contributed by atoms with Crippen molar-refractivity contribution in [1.82, 2.24) is 20.2 Å². The fourth-order valence-electron chi connectivity index (χ4n) is 2.71. The first-order valence-electron chi connectivity index (χ1n) is 8.05. The van der Waals surface area contributed by atoms with Crippen LogP contribution in [0.4, 0.5) is 16.5 Å². The first-order chi connectivity index (χ1) is 13.2. The molecule has 0 spiro atoms. The number of anilines is 3. The minimum atomic E-state index is -0.242. The Morgan fingerprint density at radius 1 is 1.07 bits per heavy atom. The molecule has 0 aliphatic rings. The molecule has 3 aromatic heterocycles. The van der Waals surface area contributed by atoms with Crippen molar-refractivity contribution in [1.29, 1.82) is 0 Å². The maximum Gasteiger partial charge on any atom is 0.275 e. The number of thiazole rings is 2. The molecule has 3 heterocycles. The number of hydrogen-bond donors (Lipinski definition) is 3. The first-order valence-corrected chi connectivity index (χ1v) is 9.81. The second kappa shape index (κ2) is 6.45. The molecule has 0 atom stereocenters. The second-order valence-electron chi connectivity index (χ2n) is 5.82. The van der Waals surface area contributed by atoms with Crippen LogP contribution in [0.25, 0.3) is 21.1 Å². The van der Waals surface area contributed by atoms with Crippen LogP contribution in [-0.2, 0) is 0 Å². The fraction of sp³-hybridized carbons (Fsp3) is 0. The van der Waals surface area contributed by atoms with Gasteiger partial charge in [-0.05, 0) is 36.4 Å². The van der Waals surface area contributed by atoms with E-state index in [9.17, 15) is 4.79 Å². The van der Waals surface area contributed by atoms with Gasteiger partial charge < -0.3 is 10.6 Å². The normalized spacial score (nSPS) is 11.1. The minimum Gasteiger partial charge on any atom is -0.332 e. The Morgan fingerprint density at radius 2 is 2.00 bits per heavy atom. The van der Waals surface area contributed by atoms with E-state index in [1.165, 1.54) is 22.7 Å². The van der Waals surface area contributed by atoms with Crippen LogP contribution >= 0.6 is 22.7 Å². The molecular formula is C18H12N6OS2. The maximum atomic E-state index is 12.5. The third-order valence-corrected chi connectivity index (χ3v) is 5.57. The van der Waals surface area contributed by atoms with Gasteiger partial charge in [-0.3, -0.25) is 9.89 Å². The van der Waals surface area contributed by atoms with Crippen LogP contribution in [-0.4, -0.2) is 26.1 Å². The summed E-state index contributed by atoms with van der Waals surface area (Å²) in [7, 11) is 0. The van der Waals surface area contributed by atoms with Crippen molar-refractivity contribution in [2.24, 2.45) is 0 Å². The van der Waals surface area contributed by atoms with Crippen LogP contribution < -0.4 is 10.6 Å². The zero-order valence-corrected chi connectivity index (χ0v) is 15.4. The molecule has 0 fully saturated rings. The predicted octanol–water partition coefficient (Wildman–Crippen LogP) is 4.63. The Labute approximate surface area is 161 Å². The highest BCUT2D eigenvalue weighted by Crippen LogP contribution is 2.25. The van der Waals surface area contributed by atoms with Gasteiger partial charge >= 0.3 is 0 Å². The van der Waals surface area contributed by atoms with E-state index in [0.29, 0.717) is 10.8 Å². The van der Waals surface area contributed by atoms with E-state index in [1.807, 2.05) is 36.4 Å². The molecule has 2 aromatic carbocycles. The van der Waals surface area contributed by atoms with Gasteiger partial charge in [-0.2, -0.15) is 5.10 Å². The lowest BCUT2D eigenvalue weighted by atomic mass is 10.2. The average Bonchev–Trinajstić information content (AvgIpc) is 3.41. The molecule has 132 valence electrons. The Hall–Kier alpha value is -3.30. The van der Waals surface area contributed by atoms with Gasteiger partial charge in [0, 0.05) is 22.1 Å². The van der Waals surface area contributed by atoms with Gasteiger partial charge in [-0.25, -0.2) is 9.97 Å². The minimum absolute atomic E-state index is 0.242. The molecule has 27 heavy (non-hydrogen) atoms. The second-order valence-corrected chi connectivity index (χ2v) is 7.57. The summed E-state index contributed by atoms with van der Waals surface area (Å²) in [6.07, 6.45) is 1.77. The molecule has 0 aliphatic carbocycles. The Kier molecular flexibility index (Phi) is 3.80. The molecule has 0 radical (unpaired) electrons. The first kappa shape index (κ1) is 15.9. The Balaban J connectivity index is 1.32. The number of nitrogens with one attached hydrogen (secondary N) is 3. The van der Waals surface area contributed by atoms with E-state index >= 15 is 0 Å². The number of H-pyrrole nitrogens is 1. The lowest BCUT2D eigenvalue weighted by Crippen LogP contribution is -2.12. The quantitative estimate of drug-likeness (QED) is 0.415. The number of benzene rings is 2. The lowest BCUT2D eigenvalue weighted by Gasteiger charge is -2.03. The molecule has 0 bridgehead atoms. The van der Waals surface area contributed by atoms with Crippen molar-refractivity contribution in [3.63, 3.8) is 0 Å². The topological polar surface area (TPSA) is 95.6 Å². The van der Waals surface area contributed by atoms with E-state index in [-0.39, 0.29) is 5.91 Å². The number of hydrogen-bond acceptors (Lipinski definition) is 7. The van der Waals surface area contributed by atoms with Gasteiger partial charge in [0.25, 0.3) is 5.91 Å². The zero-order valence-electron chi connectivity index (χ0n) is 13.8. The molecule has 0 saturated carbocycles. The van der Waals surface area contributed by atoms with Gasteiger partial charge in [0.2, 0.25) is 0 Å². The monoisotopic (exact) mass is 392 g/mol. The van der Waals surface area contributed by atoms with Crippen molar-refractivity contribution in [3.05, 3.63) is 59.2 Å². The number of carbonyl (C=O) groups is 1. The van der Waals surface area contributed by atoms with E-state index in [4.69, 9.17) is 0 Å². The van der Waals surface area contributed by atoms with E-state index in [1.54, 1.807) is 17.1 Å². The Bertz CT molecular complexity index is 1270.